The molecule has 1 aliphatic rings. The van der Waals surface area contributed by atoms with E-state index < -0.39 is 0 Å². The van der Waals surface area contributed by atoms with Crippen LogP contribution in [0.15, 0.2) is 24.3 Å². The highest BCUT2D eigenvalue weighted by Gasteiger charge is 2.29. The van der Waals surface area contributed by atoms with Gasteiger partial charge < -0.3 is 5.32 Å². The van der Waals surface area contributed by atoms with Gasteiger partial charge in [-0.3, -0.25) is 0 Å². The van der Waals surface area contributed by atoms with E-state index in [1.165, 1.54) is 22.3 Å². The molecule has 3 rings (SSSR count). The van der Waals surface area contributed by atoms with Crippen LogP contribution in [0.25, 0.3) is 0 Å². The van der Waals surface area contributed by atoms with Crippen molar-refractivity contribution in [1.82, 2.24) is 25.5 Å². The Morgan fingerprint density at radius 1 is 1.35 bits per heavy atom. The molecule has 1 N–H and O–H groups in total. The number of hydrogen-bond acceptors (Lipinski definition) is 4. The number of tetrazole rings is 1. The fraction of sp³-hybridized carbons (Fsp3) is 0.533. The second-order valence-electron chi connectivity index (χ2n) is 5.43. The molecule has 0 fully saturated rings. The van der Waals surface area contributed by atoms with Crippen LogP contribution in [-0.2, 0) is 19.9 Å². The SMILES string of the molecule is CCNC1c2ccccc2CCC1Cc1nnn(C)n1. The lowest BCUT2D eigenvalue weighted by molar-refractivity contribution is 0.318. The van der Waals surface area contributed by atoms with E-state index >= 15 is 0 Å². The maximum absolute atomic E-state index is 4.32. The molecule has 0 aliphatic heterocycles. The number of nitrogens with one attached hydrogen (secondary N) is 1. The number of aryl methyl sites for hydroxylation is 2. The first kappa shape index (κ1) is 13.2. The molecule has 2 aromatic rings. The molecular formula is C15H21N5. The predicted molar refractivity (Wildman–Crippen MR) is 77.2 cm³/mol. The van der Waals surface area contributed by atoms with Gasteiger partial charge in [-0.2, -0.15) is 4.80 Å². The number of rotatable bonds is 4. The third-order valence-electron chi connectivity index (χ3n) is 4.06. The van der Waals surface area contributed by atoms with E-state index in [9.17, 15) is 0 Å². The van der Waals surface area contributed by atoms with Crippen molar-refractivity contribution in [2.75, 3.05) is 6.54 Å². The summed E-state index contributed by atoms with van der Waals surface area (Å²) < 4.78 is 0. The van der Waals surface area contributed by atoms with E-state index in [0.717, 1.165) is 25.2 Å². The van der Waals surface area contributed by atoms with E-state index in [-0.39, 0.29) is 0 Å². The molecule has 1 aromatic heterocycles. The first-order valence-electron chi connectivity index (χ1n) is 7.32. The van der Waals surface area contributed by atoms with Gasteiger partial charge in [0.15, 0.2) is 5.82 Å². The Morgan fingerprint density at radius 3 is 2.95 bits per heavy atom. The van der Waals surface area contributed by atoms with Gasteiger partial charge in [0.05, 0.1) is 7.05 Å². The lowest BCUT2D eigenvalue weighted by Gasteiger charge is -2.33. The molecule has 2 atom stereocenters. The molecule has 0 bridgehead atoms. The van der Waals surface area contributed by atoms with Crippen molar-refractivity contribution in [2.24, 2.45) is 13.0 Å². The summed E-state index contributed by atoms with van der Waals surface area (Å²) in [5, 5.41) is 16.0. The zero-order valence-electron chi connectivity index (χ0n) is 12.1. The summed E-state index contributed by atoms with van der Waals surface area (Å²) in [5.74, 6) is 1.38. The van der Waals surface area contributed by atoms with Gasteiger partial charge in [-0.25, -0.2) is 0 Å². The number of fused-ring (bicyclic) bond motifs is 1. The molecule has 1 heterocycles. The van der Waals surface area contributed by atoms with E-state index in [1.807, 2.05) is 7.05 Å². The monoisotopic (exact) mass is 271 g/mol. The Hall–Kier alpha value is -1.75. The molecule has 2 unspecified atom stereocenters. The maximum Gasteiger partial charge on any atom is 0.175 e. The summed E-state index contributed by atoms with van der Waals surface area (Å²) in [6.45, 7) is 3.14. The van der Waals surface area contributed by atoms with E-state index in [4.69, 9.17) is 0 Å². The third-order valence-corrected chi connectivity index (χ3v) is 4.06. The Morgan fingerprint density at radius 2 is 2.20 bits per heavy atom. The topological polar surface area (TPSA) is 55.6 Å². The summed E-state index contributed by atoms with van der Waals surface area (Å²) >= 11 is 0. The molecule has 1 aromatic carbocycles. The first-order valence-corrected chi connectivity index (χ1v) is 7.32. The molecule has 5 nitrogen and oxygen atoms in total. The van der Waals surface area contributed by atoms with Crippen molar-refractivity contribution in [3.8, 4) is 0 Å². The molecule has 0 saturated carbocycles. The highest BCUT2D eigenvalue weighted by molar-refractivity contribution is 5.33. The van der Waals surface area contributed by atoms with Crippen LogP contribution in [0.1, 0.15) is 36.3 Å². The lowest BCUT2D eigenvalue weighted by Crippen LogP contribution is -2.33. The van der Waals surface area contributed by atoms with Crippen LogP contribution < -0.4 is 5.32 Å². The van der Waals surface area contributed by atoms with Crippen LogP contribution in [0.2, 0.25) is 0 Å². The van der Waals surface area contributed by atoms with Crippen molar-refractivity contribution >= 4 is 0 Å². The van der Waals surface area contributed by atoms with Crippen LogP contribution in [-0.4, -0.2) is 26.8 Å². The largest absolute Gasteiger partial charge is 0.310 e. The standard InChI is InChI=1S/C15H21N5/c1-3-16-15-12(10-14-17-19-20(2)18-14)9-8-11-6-4-5-7-13(11)15/h4-7,12,15-16H,3,8-10H2,1-2H3. The van der Waals surface area contributed by atoms with Crippen LogP contribution in [0.4, 0.5) is 0 Å². The second-order valence-corrected chi connectivity index (χ2v) is 5.43. The van der Waals surface area contributed by atoms with E-state index in [1.54, 1.807) is 0 Å². The van der Waals surface area contributed by atoms with E-state index in [2.05, 4.69) is 51.9 Å². The average Bonchev–Trinajstić information content (AvgIpc) is 2.87. The number of aromatic nitrogens is 4. The zero-order valence-corrected chi connectivity index (χ0v) is 12.1. The third kappa shape index (κ3) is 2.58. The van der Waals surface area contributed by atoms with Gasteiger partial charge in [0, 0.05) is 12.5 Å². The molecule has 5 heteroatoms. The van der Waals surface area contributed by atoms with Gasteiger partial charge in [-0.15, -0.1) is 10.2 Å². The van der Waals surface area contributed by atoms with Crippen LogP contribution in [0, 0.1) is 5.92 Å². The van der Waals surface area contributed by atoms with Crippen molar-refractivity contribution in [2.45, 2.75) is 32.2 Å². The van der Waals surface area contributed by atoms with Gasteiger partial charge in [-0.05, 0) is 41.6 Å². The Bertz CT molecular complexity index is 577. The fourth-order valence-corrected chi connectivity index (χ4v) is 3.18. The average molecular weight is 271 g/mol. The number of nitrogens with zero attached hydrogens (tertiary/aromatic N) is 4. The molecule has 20 heavy (non-hydrogen) atoms. The van der Waals surface area contributed by atoms with Crippen LogP contribution in [0.5, 0.6) is 0 Å². The summed E-state index contributed by atoms with van der Waals surface area (Å²) in [7, 11) is 1.81. The smallest absolute Gasteiger partial charge is 0.175 e. The first-order chi connectivity index (χ1) is 9.78. The van der Waals surface area contributed by atoms with Gasteiger partial charge in [0.2, 0.25) is 0 Å². The molecule has 106 valence electrons. The lowest BCUT2D eigenvalue weighted by atomic mass is 9.78. The Balaban J connectivity index is 1.84. The highest BCUT2D eigenvalue weighted by Crippen LogP contribution is 2.35. The van der Waals surface area contributed by atoms with Crippen LogP contribution in [0.3, 0.4) is 0 Å². The fourth-order valence-electron chi connectivity index (χ4n) is 3.18. The number of hydrogen-bond donors (Lipinski definition) is 1. The van der Waals surface area contributed by atoms with Crippen molar-refractivity contribution in [1.29, 1.82) is 0 Å². The van der Waals surface area contributed by atoms with Gasteiger partial charge in [0.1, 0.15) is 0 Å². The Labute approximate surface area is 119 Å². The van der Waals surface area contributed by atoms with Crippen LogP contribution >= 0.6 is 0 Å². The maximum atomic E-state index is 4.32. The summed E-state index contributed by atoms with van der Waals surface area (Å²) in [6, 6.07) is 9.15. The molecular weight excluding hydrogens is 250 g/mol. The minimum Gasteiger partial charge on any atom is -0.310 e. The van der Waals surface area contributed by atoms with Crippen molar-refractivity contribution in [3.05, 3.63) is 41.2 Å². The molecule has 0 saturated heterocycles. The molecule has 0 spiro atoms. The Kier molecular flexibility index (Phi) is 3.78. The van der Waals surface area contributed by atoms with Gasteiger partial charge in [-0.1, -0.05) is 31.2 Å². The highest BCUT2D eigenvalue weighted by atomic mass is 15.6. The molecule has 0 radical (unpaired) electrons. The van der Waals surface area contributed by atoms with Crippen molar-refractivity contribution in [3.63, 3.8) is 0 Å². The quantitative estimate of drug-likeness (QED) is 0.919. The summed E-state index contributed by atoms with van der Waals surface area (Å²) in [4.78, 5) is 1.54. The zero-order chi connectivity index (χ0) is 13.9. The summed E-state index contributed by atoms with van der Waals surface area (Å²) in [5.41, 5.74) is 2.91. The van der Waals surface area contributed by atoms with Gasteiger partial charge in [0.25, 0.3) is 0 Å². The summed E-state index contributed by atoms with van der Waals surface area (Å²) in [6.07, 6.45) is 3.20. The number of benzene rings is 1. The predicted octanol–water partition coefficient (Wildman–Crippen LogP) is 1.67. The van der Waals surface area contributed by atoms with Crippen molar-refractivity contribution < 1.29 is 0 Å². The second kappa shape index (κ2) is 5.71. The minimum absolute atomic E-state index is 0.397. The van der Waals surface area contributed by atoms with Gasteiger partial charge >= 0.3 is 0 Å². The normalized spacial score (nSPS) is 21.7. The van der Waals surface area contributed by atoms with E-state index in [0.29, 0.717) is 12.0 Å². The molecule has 1 aliphatic carbocycles. The molecule has 0 amide bonds. The minimum atomic E-state index is 0.397.